The van der Waals surface area contributed by atoms with Gasteiger partial charge in [-0.3, -0.25) is 9.59 Å². The summed E-state index contributed by atoms with van der Waals surface area (Å²) in [6.45, 7) is 5.61. The summed E-state index contributed by atoms with van der Waals surface area (Å²) in [6, 6.07) is 0. The predicted octanol–water partition coefficient (Wildman–Crippen LogP) is 0.723. The Balaban J connectivity index is 2.40. The first-order valence-electron chi connectivity index (χ1n) is 5.55. The minimum atomic E-state index is -0.0404. The molecule has 1 aliphatic heterocycles. The highest BCUT2D eigenvalue weighted by molar-refractivity contribution is 5.85. The molecule has 1 rings (SSSR count). The molecule has 1 fully saturated rings. The highest BCUT2D eigenvalue weighted by atomic mass is 16.2. The summed E-state index contributed by atoms with van der Waals surface area (Å²) in [6.07, 6.45) is 2.18. The molecule has 0 unspecified atom stereocenters. The van der Waals surface area contributed by atoms with Gasteiger partial charge < -0.3 is 9.80 Å². The zero-order chi connectivity index (χ0) is 11.4. The summed E-state index contributed by atoms with van der Waals surface area (Å²) in [4.78, 5) is 26.6. The Labute approximate surface area is 91.2 Å². The number of likely N-dealkylation sites (N-methyl/N-ethyl adjacent to an activating group) is 1. The van der Waals surface area contributed by atoms with Crippen LogP contribution in [0.2, 0.25) is 0 Å². The zero-order valence-electron chi connectivity index (χ0n) is 9.82. The normalized spacial score (nSPS) is 15.9. The van der Waals surface area contributed by atoms with Crippen LogP contribution in [0, 0.1) is 5.92 Å². The number of likely N-dealkylation sites (tertiary alicyclic amines) is 1. The van der Waals surface area contributed by atoms with Crippen LogP contribution in [0.5, 0.6) is 0 Å². The molecule has 4 nitrogen and oxygen atoms in total. The predicted molar refractivity (Wildman–Crippen MR) is 58.3 cm³/mol. The van der Waals surface area contributed by atoms with E-state index in [1.54, 1.807) is 7.05 Å². The van der Waals surface area contributed by atoms with E-state index in [4.69, 9.17) is 0 Å². The molecule has 0 radical (unpaired) electrons. The van der Waals surface area contributed by atoms with Crippen LogP contribution in [0.25, 0.3) is 0 Å². The fourth-order valence-corrected chi connectivity index (χ4v) is 1.79. The van der Waals surface area contributed by atoms with E-state index in [-0.39, 0.29) is 24.3 Å². The fraction of sp³-hybridized carbons (Fsp3) is 0.818. The molecule has 86 valence electrons. The van der Waals surface area contributed by atoms with Gasteiger partial charge in [-0.05, 0) is 12.8 Å². The summed E-state index contributed by atoms with van der Waals surface area (Å²) >= 11 is 0. The molecule has 0 aromatic heterocycles. The Bertz CT molecular complexity index is 245. The maximum atomic E-state index is 11.7. The molecule has 1 saturated heterocycles. The Kier molecular flexibility index (Phi) is 4.12. The van der Waals surface area contributed by atoms with Gasteiger partial charge >= 0.3 is 0 Å². The van der Waals surface area contributed by atoms with Gasteiger partial charge in [-0.15, -0.1) is 0 Å². The molecule has 1 heterocycles. The summed E-state index contributed by atoms with van der Waals surface area (Å²) < 4.78 is 0. The van der Waals surface area contributed by atoms with Gasteiger partial charge in [0.1, 0.15) is 0 Å². The second-order valence-electron chi connectivity index (χ2n) is 4.44. The number of rotatable bonds is 3. The third-order valence-electron chi connectivity index (χ3n) is 2.70. The first kappa shape index (κ1) is 12.0. The first-order chi connectivity index (χ1) is 7.02. The molecule has 0 spiro atoms. The summed E-state index contributed by atoms with van der Waals surface area (Å²) in [5.41, 5.74) is 0. The molecule has 0 atom stereocenters. The molecule has 0 saturated carbocycles. The minimum absolute atomic E-state index is 0.0301. The maximum absolute atomic E-state index is 11.7. The van der Waals surface area contributed by atoms with Crippen molar-refractivity contribution in [3.63, 3.8) is 0 Å². The van der Waals surface area contributed by atoms with Gasteiger partial charge in [0.2, 0.25) is 11.8 Å². The molecule has 0 aromatic carbocycles. The highest BCUT2D eigenvalue weighted by Crippen LogP contribution is 2.08. The van der Waals surface area contributed by atoms with Gasteiger partial charge in [-0.1, -0.05) is 13.8 Å². The quantitative estimate of drug-likeness (QED) is 0.691. The summed E-state index contributed by atoms with van der Waals surface area (Å²) in [5, 5.41) is 0. The van der Waals surface area contributed by atoms with Crippen molar-refractivity contribution in [2.75, 3.05) is 26.7 Å². The smallest absolute Gasteiger partial charge is 0.242 e. The van der Waals surface area contributed by atoms with Gasteiger partial charge in [0.25, 0.3) is 0 Å². The molecule has 1 aliphatic rings. The van der Waals surface area contributed by atoms with E-state index in [9.17, 15) is 9.59 Å². The van der Waals surface area contributed by atoms with Crippen LogP contribution in [-0.4, -0.2) is 48.3 Å². The van der Waals surface area contributed by atoms with Gasteiger partial charge in [-0.25, -0.2) is 0 Å². The number of nitrogens with zero attached hydrogens (tertiary/aromatic N) is 2. The molecule has 15 heavy (non-hydrogen) atoms. The number of carbonyl (C=O) groups excluding carboxylic acids is 2. The molecular formula is C11H20N2O2. The van der Waals surface area contributed by atoms with Crippen molar-refractivity contribution in [1.82, 2.24) is 9.80 Å². The van der Waals surface area contributed by atoms with E-state index in [1.165, 1.54) is 4.90 Å². The van der Waals surface area contributed by atoms with Gasteiger partial charge in [0, 0.05) is 26.1 Å². The molecule has 0 aliphatic carbocycles. The SMILES string of the molecule is CC(C)C(=O)N(C)CC(=O)N1CCCC1. The number of amides is 2. The van der Waals surface area contributed by atoms with Crippen LogP contribution in [0.15, 0.2) is 0 Å². The second kappa shape index (κ2) is 5.14. The molecule has 0 aromatic rings. The van der Waals surface area contributed by atoms with Crippen LogP contribution in [0.3, 0.4) is 0 Å². The van der Waals surface area contributed by atoms with Crippen LogP contribution in [0.4, 0.5) is 0 Å². The van der Waals surface area contributed by atoms with Crippen LogP contribution in [-0.2, 0) is 9.59 Å². The van der Waals surface area contributed by atoms with Crippen molar-refractivity contribution in [3.8, 4) is 0 Å². The second-order valence-corrected chi connectivity index (χ2v) is 4.44. The van der Waals surface area contributed by atoms with E-state index in [0.29, 0.717) is 0 Å². The fourth-order valence-electron chi connectivity index (χ4n) is 1.79. The van der Waals surface area contributed by atoms with Crippen LogP contribution in [0.1, 0.15) is 26.7 Å². The van der Waals surface area contributed by atoms with Crippen molar-refractivity contribution >= 4 is 11.8 Å². The zero-order valence-corrected chi connectivity index (χ0v) is 9.82. The number of hydrogen-bond acceptors (Lipinski definition) is 2. The Morgan fingerprint density at radius 3 is 2.27 bits per heavy atom. The Morgan fingerprint density at radius 1 is 1.27 bits per heavy atom. The van der Waals surface area contributed by atoms with Gasteiger partial charge in [0.15, 0.2) is 0 Å². The van der Waals surface area contributed by atoms with E-state index in [2.05, 4.69) is 0 Å². The van der Waals surface area contributed by atoms with Crippen molar-refractivity contribution in [1.29, 1.82) is 0 Å². The molecule has 0 bridgehead atoms. The lowest BCUT2D eigenvalue weighted by molar-refractivity contribution is -0.140. The standard InChI is InChI=1S/C11H20N2O2/c1-9(2)11(15)12(3)8-10(14)13-6-4-5-7-13/h9H,4-8H2,1-3H3. The molecule has 2 amide bonds. The van der Waals surface area contributed by atoms with Crippen LogP contribution < -0.4 is 0 Å². The lowest BCUT2D eigenvalue weighted by Gasteiger charge is -2.22. The maximum Gasteiger partial charge on any atom is 0.242 e. The molecule has 0 N–H and O–H groups in total. The Hall–Kier alpha value is -1.06. The van der Waals surface area contributed by atoms with E-state index < -0.39 is 0 Å². The van der Waals surface area contributed by atoms with Crippen molar-refractivity contribution in [2.24, 2.45) is 5.92 Å². The van der Waals surface area contributed by atoms with Crippen LogP contribution >= 0.6 is 0 Å². The average molecular weight is 212 g/mol. The lowest BCUT2D eigenvalue weighted by Crippen LogP contribution is -2.41. The van der Waals surface area contributed by atoms with Crippen molar-refractivity contribution in [2.45, 2.75) is 26.7 Å². The number of carbonyl (C=O) groups is 2. The van der Waals surface area contributed by atoms with Gasteiger partial charge in [0.05, 0.1) is 6.54 Å². The Morgan fingerprint density at radius 2 is 1.80 bits per heavy atom. The summed E-state index contributed by atoms with van der Waals surface area (Å²) in [7, 11) is 1.69. The number of hydrogen-bond donors (Lipinski definition) is 0. The van der Waals surface area contributed by atoms with Crippen molar-refractivity contribution < 1.29 is 9.59 Å². The average Bonchev–Trinajstić information content (AvgIpc) is 2.68. The van der Waals surface area contributed by atoms with Crippen molar-refractivity contribution in [3.05, 3.63) is 0 Å². The topological polar surface area (TPSA) is 40.6 Å². The first-order valence-corrected chi connectivity index (χ1v) is 5.55. The largest absolute Gasteiger partial charge is 0.341 e. The monoisotopic (exact) mass is 212 g/mol. The van der Waals surface area contributed by atoms with E-state index in [0.717, 1.165) is 25.9 Å². The third-order valence-corrected chi connectivity index (χ3v) is 2.70. The molecular weight excluding hydrogens is 192 g/mol. The van der Waals surface area contributed by atoms with E-state index >= 15 is 0 Å². The minimum Gasteiger partial charge on any atom is -0.341 e. The third kappa shape index (κ3) is 3.22. The molecule has 4 heteroatoms. The summed E-state index contributed by atoms with van der Waals surface area (Å²) in [5.74, 6) is 0.0629. The lowest BCUT2D eigenvalue weighted by atomic mass is 10.2. The highest BCUT2D eigenvalue weighted by Gasteiger charge is 2.21. The van der Waals surface area contributed by atoms with E-state index in [1.807, 2.05) is 18.7 Å². The van der Waals surface area contributed by atoms with Gasteiger partial charge in [-0.2, -0.15) is 0 Å².